The predicted octanol–water partition coefficient (Wildman–Crippen LogP) is 3.70. The lowest BCUT2D eigenvalue weighted by molar-refractivity contribution is -0.0704. The summed E-state index contributed by atoms with van der Waals surface area (Å²) in [6.45, 7) is 3.85. The Kier molecular flexibility index (Phi) is 3.59. The fourth-order valence-electron chi connectivity index (χ4n) is 2.58. The van der Waals surface area contributed by atoms with E-state index in [2.05, 4.69) is 6.92 Å². The number of halogens is 1. The Hall–Kier alpha value is -0.890. The van der Waals surface area contributed by atoms with Crippen LogP contribution in [0.3, 0.4) is 0 Å². The van der Waals surface area contributed by atoms with Gasteiger partial charge in [-0.2, -0.15) is 0 Å². The number of alkyl halides is 1. The topological polar surface area (TPSA) is 3.24 Å². The van der Waals surface area contributed by atoms with Crippen LogP contribution in [0, 0.1) is 0 Å². The normalized spacial score (nSPS) is 26.9. The third kappa shape index (κ3) is 2.12. The number of nitrogens with zero attached hydrogens (tertiary/aromatic N) is 1. The summed E-state index contributed by atoms with van der Waals surface area (Å²) in [5.74, 6) is -1.23. The van der Waals surface area contributed by atoms with E-state index < -0.39 is 5.79 Å². The van der Waals surface area contributed by atoms with E-state index >= 15 is 4.39 Å². The van der Waals surface area contributed by atoms with Gasteiger partial charge in [-0.1, -0.05) is 37.3 Å². The molecule has 0 bridgehead atoms. The van der Waals surface area contributed by atoms with Gasteiger partial charge < -0.3 is 0 Å². The molecule has 0 aliphatic carbocycles. The Bertz CT molecular complexity index is 323. The molecule has 0 spiro atoms. The lowest BCUT2D eigenvalue weighted by Crippen LogP contribution is -2.46. The van der Waals surface area contributed by atoms with Crippen LogP contribution in [-0.2, 0) is 5.79 Å². The van der Waals surface area contributed by atoms with E-state index in [9.17, 15) is 0 Å². The van der Waals surface area contributed by atoms with Crippen molar-refractivity contribution in [3.63, 3.8) is 0 Å². The molecule has 1 unspecified atom stereocenters. The standard InChI is InChI=1S/C14H20FN/c1-2-11-16-12-7-6-10-14(16,15)13-8-4-3-5-9-13/h3-5,8-9H,2,6-7,10-12H2,1H3. The summed E-state index contributed by atoms with van der Waals surface area (Å²) < 4.78 is 15.1. The molecule has 0 amide bonds. The Balaban J connectivity index is 2.26. The number of benzene rings is 1. The SMILES string of the molecule is CCCN1CCCCC1(F)c1ccccc1. The minimum Gasteiger partial charge on any atom is -0.268 e. The van der Waals surface area contributed by atoms with Crippen LogP contribution in [0.5, 0.6) is 0 Å². The third-order valence-corrected chi connectivity index (χ3v) is 3.40. The van der Waals surface area contributed by atoms with Crippen molar-refractivity contribution < 1.29 is 4.39 Å². The zero-order valence-electron chi connectivity index (χ0n) is 9.95. The average Bonchev–Trinajstić information content (AvgIpc) is 2.34. The maximum Gasteiger partial charge on any atom is 0.189 e. The molecule has 1 saturated heterocycles. The third-order valence-electron chi connectivity index (χ3n) is 3.40. The number of likely N-dealkylation sites (tertiary alicyclic amines) is 1. The smallest absolute Gasteiger partial charge is 0.189 e. The summed E-state index contributed by atoms with van der Waals surface area (Å²) in [7, 11) is 0. The van der Waals surface area contributed by atoms with Crippen LogP contribution in [0.2, 0.25) is 0 Å². The molecule has 1 fully saturated rings. The van der Waals surface area contributed by atoms with E-state index in [0.29, 0.717) is 6.42 Å². The Morgan fingerprint density at radius 1 is 1.25 bits per heavy atom. The molecular weight excluding hydrogens is 201 g/mol. The van der Waals surface area contributed by atoms with E-state index in [1.54, 1.807) is 0 Å². The lowest BCUT2D eigenvalue weighted by atomic mass is 9.92. The number of rotatable bonds is 3. The predicted molar refractivity (Wildman–Crippen MR) is 64.9 cm³/mol. The van der Waals surface area contributed by atoms with E-state index in [1.165, 1.54) is 0 Å². The molecule has 2 heteroatoms. The Morgan fingerprint density at radius 2 is 2.00 bits per heavy atom. The molecule has 0 radical (unpaired) electrons. The van der Waals surface area contributed by atoms with Crippen LogP contribution in [0.25, 0.3) is 0 Å². The van der Waals surface area contributed by atoms with Crippen LogP contribution in [-0.4, -0.2) is 18.0 Å². The molecule has 1 nitrogen and oxygen atoms in total. The van der Waals surface area contributed by atoms with Gasteiger partial charge in [-0.05, 0) is 25.7 Å². The van der Waals surface area contributed by atoms with Gasteiger partial charge in [0.15, 0.2) is 5.79 Å². The second-order valence-corrected chi connectivity index (χ2v) is 4.57. The van der Waals surface area contributed by atoms with Crippen LogP contribution < -0.4 is 0 Å². The number of piperidine rings is 1. The highest BCUT2D eigenvalue weighted by atomic mass is 19.1. The average molecular weight is 221 g/mol. The molecule has 1 heterocycles. The fourth-order valence-corrected chi connectivity index (χ4v) is 2.58. The van der Waals surface area contributed by atoms with Gasteiger partial charge >= 0.3 is 0 Å². The van der Waals surface area contributed by atoms with Crippen LogP contribution in [0.15, 0.2) is 30.3 Å². The lowest BCUT2D eigenvalue weighted by Gasteiger charge is -2.41. The molecule has 1 aromatic carbocycles. The molecule has 2 rings (SSSR count). The number of hydrogen-bond donors (Lipinski definition) is 0. The van der Waals surface area contributed by atoms with Crippen molar-refractivity contribution in [2.75, 3.05) is 13.1 Å². The molecule has 1 atom stereocenters. The molecule has 1 aliphatic heterocycles. The van der Waals surface area contributed by atoms with Gasteiger partial charge in [0.25, 0.3) is 0 Å². The summed E-state index contributed by atoms with van der Waals surface area (Å²) in [5, 5.41) is 0. The Labute approximate surface area is 97.3 Å². The maximum absolute atomic E-state index is 15.1. The highest BCUT2D eigenvalue weighted by Crippen LogP contribution is 2.38. The first-order valence-electron chi connectivity index (χ1n) is 6.27. The molecular formula is C14H20FN. The largest absolute Gasteiger partial charge is 0.268 e. The highest BCUT2D eigenvalue weighted by molar-refractivity contribution is 5.22. The highest BCUT2D eigenvalue weighted by Gasteiger charge is 2.39. The summed E-state index contributed by atoms with van der Waals surface area (Å²) in [6, 6.07) is 9.62. The van der Waals surface area contributed by atoms with Gasteiger partial charge in [-0.25, -0.2) is 4.39 Å². The van der Waals surface area contributed by atoms with Gasteiger partial charge in [0.05, 0.1) is 0 Å². The second-order valence-electron chi connectivity index (χ2n) is 4.57. The van der Waals surface area contributed by atoms with Gasteiger partial charge in [0, 0.05) is 18.7 Å². The van der Waals surface area contributed by atoms with Crippen molar-refractivity contribution in [1.82, 2.24) is 4.90 Å². The van der Waals surface area contributed by atoms with E-state index in [1.807, 2.05) is 35.2 Å². The van der Waals surface area contributed by atoms with E-state index in [4.69, 9.17) is 0 Å². The molecule has 1 aromatic rings. The van der Waals surface area contributed by atoms with Crippen molar-refractivity contribution >= 4 is 0 Å². The van der Waals surface area contributed by atoms with Crippen molar-refractivity contribution in [3.8, 4) is 0 Å². The molecule has 0 saturated carbocycles. The first-order valence-corrected chi connectivity index (χ1v) is 6.27. The first kappa shape index (κ1) is 11.6. The zero-order chi connectivity index (χ0) is 11.4. The Morgan fingerprint density at radius 3 is 2.69 bits per heavy atom. The van der Waals surface area contributed by atoms with Crippen LogP contribution in [0.4, 0.5) is 4.39 Å². The van der Waals surface area contributed by atoms with E-state index in [0.717, 1.165) is 37.9 Å². The van der Waals surface area contributed by atoms with E-state index in [-0.39, 0.29) is 0 Å². The number of hydrogen-bond acceptors (Lipinski definition) is 1. The summed E-state index contributed by atoms with van der Waals surface area (Å²) in [6.07, 6.45) is 3.76. The maximum atomic E-state index is 15.1. The summed E-state index contributed by atoms with van der Waals surface area (Å²) >= 11 is 0. The minimum atomic E-state index is -1.23. The molecule has 0 N–H and O–H groups in total. The van der Waals surface area contributed by atoms with Gasteiger partial charge in [-0.3, -0.25) is 4.90 Å². The summed E-state index contributed by atoms with van der Waals surface area (Å²) in [5.41, 5.74) is 0.822. The quantitative estimate of drug-likeness (QED) is 0.703. The monoisotopic (exact) mass is 221 g/mol. The molecule has 1 aliphatic rings. The molecule has 88 valence electrons. The minimum absolute atomic E-state index is 0.636. The van der Waals surface area contributed by atoms with Gasteiger partial charge in [-0.15, -0.1) is 0 Å². The van der Waals surface area contributed by atoms with Crippen molar-refractivity contribution in [1.29, 1.82) is 0 Å². The summed E-state index contributed by atoms with van der Waals surface area (Å²) in [4.78, 5) is 2.01. The van der Waals surface area contributed by atoms with Crippen LogP contribution in [0.1, 0.15) is 38.2 Å². The fraction of sp³-hybridized carbons (Fsp3) is 0.571. The van der Waals surface area contributed by atoms with Crippen molar-refractivity contribution in [2.45, 2.75) is 38.4 Å². The zero-order valence-corrected chi connectivity index (χ0v) is 9.95. The molecule has 16 heavy (non-hydrogen) atoms. The van der Waals surface area contributed by atoms with Crippen molar-refractivity contribution in [2.24, 2.45) is 0 Å². The first-order chi connectivity index (χ1) is 7.77. The van der Waals surface area contributed by atoms with Gasteiger partial charge in [0.2, 0.25) is 0 Å². The second kappa shape index (κ2) is 4.96. The van der Waals surface area contributed by atoms with Crippen LogP contribution >= 0.6 is 0 Å². The molecule has 0 aromatic heterocycles. The van der Waals surface area contributed by atoms with Crippen molar-refractivity contribution in [3.05, 3.63) is 35.9 Å². The van der Waals surface area contributed by atoms with Gasteiger partial charge in [0.1, 0.15) is 0 Å².